The van der Waals surface area contributed by atoms with Gasteiger partial charge in [0.25, 0.3) is 17.6 Å². The van der Waals surface area contributed by atoms with E-state index >= 15 is 0 Å². The number of ketones is 1. The molecule has 0 aliphatic heterocycles. The maximum Gasteiger partial charge on any atom is 0.408 e. The number of carbonyl (C=O) groups is 3. The number of Topliss-reactive ketones (excluding diaryl/α,β-unsaturated/α-hetero) is 1. The highest BCUT2D eigenvalue weighted by atomic mass is 35.5. The van der Waals surface area contributed by atoms with Crippen LogP contribution in [-0.4, -0.2) is 34.4 Å². The van der Waals surface area contributed by atoms with Crippen molar-refractivity contribution in [2.24, 2.45) is 7.05 Å². The Kier molecular flexibility index (Phi) is 6.60. The molecule has 1 heterocycles. The Labute approximate surface area is 174 Å². The summed E-state index contributed by atoms with van der Waals surface area (Å²) in [5, 5.41) is 3.90. The van der Waals surface area contributed by atoms with Gasteiger partial charge in [-0.25, -0.2) is 4.39 Å². The molecule has 1 aromatic heterocycles. The monoisotopic (exact) mass is 447 g/mol. The van der Waals surface area contributed by atoms with Crippen molar-refractivity contribution in [1.29, 1.82) is 0 Å². The molecule has 30 heavy (non-hydrogen) atoms. The Morgan fingerprint density at radius 1 is 1.17 bits per heavy atom. The van der Waals surface area contributed by atoms with Gasteiger partial charge in [0, 0.05) is 18.4 Å². The lowest BCUT2D eigenvalue weighted by Gasteiger charge is -2.16. The summed E-state index contributed by atoms with van der Waals surface area (Å²) >= 11 is 5.69. The van der Waals surface area contributed by atoms with Crippen molar-refractivity contribution in [2.75, 3.05) is 5.32 Å². The van der Waals surface area contributed by atoms with Gasteiger partial charge < -0.3 is 15.2 Å². The fraction of sp³-hybridized carbons (Fsp3) is 0.316. The van der Waals surface area contributed by atoms with Gasteiger partial charge >= 0.3 is 6.18 Å². The van der Waals surface area contributed by atoms with Gasteiger partial charge in [0.1, 0.15) is 11.9 Å². The number of nitrogens with zero attached hydrogens (tertiary/aromatic N) is 1. The highest BCUT2D eigenvalue weighted by Crippen LogP contribution is 2.25. The number of aromatic nitrogens is 1. The fourth-order valence-electron chi connectivity index (χ4n) is 2.85. The lowest BCUT2D eigenvalue weighted by molar-refractivity contribution is -0.156. The van der Waals surface area contributed by atoms with Crippen molar-refractivity contribution in [3.63, 3.8) is 0 Å². The minimum atomic E-state index is -4.71. The quantitative estimate of drug-likeness (QED) is 0.414. The second-order valence-electron chi connectivity index (χ2n) is 6.64. The predicted molar refractivity (Wildman–Crippen MR) is 102 cm³/mol. The fourth-order valence-corrected chi connectivity index (χ4v) is 3.03. The summed E-state index contributed by atoms with van der Waals surface area (Å²) in [5.41, 5.74) is 0.442. The van der Waals surface area contributed by atoms with E-state index in [2.05, 4.69) is 5.32 Å². The number of hydrogen-bond donors (Lipinski definition) is 2. The van der Waals surface area contributed by atoms with Gasteiger partial charge in [0.2, 0.25) is 0 Å². The van der Waals surface area contributed by atoms with Crippen molar-refractivity contribution < 1.29 is 31.9 Å². The molecule has 0 aliphatic carbocycles. The third kappa shape index (κ3) is 4.64. The molecule has 1 atom stereocenters. The molecular formula is C19H18ClF4N3O3. The molecule has 2 aromatic rings. The van der Waals surface area contributed by atoms with Gasteiger partial charge in [-0.1, -0.05) is 11.6 Å². The van der Waals surface area contributed by atoms with E-state index in [-0.39, 0.29) is 27.5 Å². The number of nitrogens with one attached hydrogen (secondary N) is 2. The normalized spacial score (nSPS) is 12.4. The van der Waals surface area contributed by atoms with Gasteiger partial charge in [-0.15, -0.1) is 0 Å². The highest BCUT2D eigenvalue weighted by Gasteiger charge is 2.39. The Balaban J connectivity index is 2.33. The van der Waals surface area contributed by atoms with Crippen LogP contribution in [0.2, 0.25) is 5.02 Å². The topological polar surface area (TPSA) is 80.2 Å². The zero-order valence-electron chi connectivity index (χ0n) is 16.4. The third-order valence-electron chi connectivity index (χ3n) is 4.59. The minimum Gasteiger partial charge on any atom is -0.344 e. The van der Waals surface area contributed by atoms with Crippen LogP contribution in [0.1, 0.15) is 39.0 Å². The molecule has 162 valence electrons. The van der Waals surface area contributed by atoms with Crippen LogP contribution in [-0.2, 0) is 11.8 Å². The van der Waals surface area contributed by atoms with E-state index in [9.17, 15) is 31.9 Å². The second kappa shape index (κ2) is 8.47. The second-order valence-corrected chi connectivity index (χ2v) is 7.05. The van der Waals surface area contributed by atoms with Crippen molar-refractivity contribution in [1.82, 2.24) is 9.88 Å². The van der Waals surface area contributed by atoms with Crippen molar-refractivity contribution in [3.8, 4) is 0 Å². The van der Waals surface area contributed by atoms with E-state index in [1.54, 1.807) is 5.32 Å². The molecule has 2 rings (SSSR count). The number of alkyl halides is 3. The van der Waals surface area contributed by atoms with Crippen LogP contribution in [0.5, 0.6) is 0 Å². The average Bonchev–Trinajstić information content (AvgIpc) is 2.85. The molecule has 0 fully saturated rings. The van der Waals surface area contributed by atoms with E-state index < -0.39 is 35.6 Å². The first kappa shape index (κ1) is 23.4. The zero-order valence-corrected chi connectivity index (χ0v) is 17.1. The summed E-state index contributed by atoms with van der Waals surface area (Å²) in [4.78, 5) is 37.2. The summed E-state index contributed by atoms with van der Waals surface area (Å²) in [6.07, 6.45) is -4.71. The Hall–Kier alpha value is -2.88. The lowest BCUT2D eigenvalue weighted by atomic mass is 10.1. The number of halogens is 5. The molecular weight excluding hydrogens is 430 g/mol. The summed E-state index contributed by atoms with van der Waals surface area (Å²) in [7, 11) is 1.40. The molecule has 0 bridgehead atoms. The molecule has 1 unspecified atom stereocenters. The number of benzene rings is 1. The minimum absolute atomic E-state index is 0.0537. The summed E-state index contributed by atoms with van der Waals surface area (Å²) < 4.78 is 52.5. The molecule has 6 nitrogen and oxygen atoms in total. The van der Waals surface area contributed by atoms with Crippen molar-refractivity contribution >= 4 is 34.9 Å². The molecule has 0 saturated heterocycles. The zero-order chi connectivity index (χ0) is 23.0. The molecule has 0 saturated carbocycles. The standard InChI is InChI=1S/C19H18ClF4N3O3/c1-8-14(17(29)26-11-5-6-13(21)12(20)7-11)9(2)27(4)15(8)16(28)18(30)25-10(3)19(22,23)24/h5-7,10H,1-4H3,(H,25,30)(H,26,29). The molecule has 2 N–H and O–H groups in total. The van der Waals surface area contributed by atoms with Crippen LogP contribution in [0.25, 0.3) is 0 Å². The third-order valence-corrected chi connectivity index (χ3v) is 4.88. The van der Waals surface area contributed by atoms with E-state index in [0.29, 0.717) is 12.6 Å². The van der Waals surface area contributed by atoms with Gasteiger partial charge in [-0.3, -0.25) is 14.4 Å². The molecule has 1 aromatic carbocycles. The van der Waals surface area contributed by atoms with E-state index in [0.717, 1.165) is 6.07 Å². The number of amides is 2. The number of anilines is 1. The highest BCUT2D eigenvalue weighted by molar-refractivity contribution is 6.43. The van der Waals surface area contributed by atoms with Gasteiger partial charge in [0.15, 0.2) is 0 Å². The largest absolute Gasteiger partial charge is 0.408 e. The number of carbonyl (C=O) groups excluding carboxylic acids is 3. The Morgan fingerprint density at radius 3 is 2.30 bits per heavy atom. The first-order chi connectivity index (χ1) is 13.8. The average molecular weight is 448 g/mol. The number of hydrogen-bond acceptors (Lipinski definition) is 3. The van der Waals surface area contributed by atoms with Crippen LogP contribution in [0, 0.1) is 19.7 Å². The number of rotatable bonds is 5. The van der Waals surface area contributed by atoms with Crippen LogP contribution in [0.3, 0.4) is 0 Å². The van der Waals surface area contributed by atoms with E-state index in [4.69, 9.17) is 11.6 Å². The summed E-state index contributed by atoms with van der Waals surface area (Å²) in [5.74, 6) is -3.99. The lowest BCUT2D eigenvalue weighted by Crippen LogP contribution is -2.46. The Morgan fingerprint density at radius 2 is 1.77 bits per heavy atom. The molecule has 0 aliphatic rings. The van der Waals surface area contributed by atoms with Gasteiger partial charge in [-0.05, 0) is 44.5 Å². The molecule has 11 heteroatoms. The first-order valence-corrected chi connectivity index (χ1v) is 8.97. The van der Waals surface area contributed by atoms with Crippen LogP contribution in [0.4, 0.5) is 23.2 Å². The van der Waals surface area contributed by atoms with Crippen LogP contribution >= 0.6 is 11.6 Å². The summed E-state index contributed by atoms with van der Waals surface area (Å²) in [6, 6.07) is 1.32. The van der Waals surface area contributed by atoms with Gasteiger partial charge in [0.05, 0.1) is 16.3 Å². The SMILES string of the molecule is Cc1c(C(=O)Nc2ccc(F)c(Cl)c2)c(C)n(C)c1C(=O)C(=O)NC(C)C(F)(F)F. The Bertz CT molecular complexity index is 1030. The van der Waals surface area contributed by atoms with Crippen molar-refractivity contribution in [3.05, 3.63) is 51.6 Å². The summed E-state index contributed by atoms with van der Waals surface area (Å²) in [6.45, 7) is 3.61. The van der Waals surface area contributed by atoms with Crippen molar-refractivity contribution in [2.45, 2.75) is 33.0 Å². The maximum absolute atomic E-state index is 13.3. The maximum atomic E-state index is 13.3. The molecule has 0 spiro atoms. The first-order valence-electron chi connectivity index (χ1n) is 8.59. The van der Waals surface area contributed by atoms with E-state index in [1.165, 1.54) is 37.6 Å². The van der Waals surface area contributed by atoms with Crippen LogP contribution in [0.15, 0.2) is 18.2 Å². The predicted octanol–water partition coefficient (Wildman–Crippen LogP) is 3.94. The van der Waals surface area contributed by atoms with E-state index in [1.807, 2.05) is 0 Å². The van der Waals surface area contributed by atoms with Crippen LogP contribution < -0.4 is 10.6 Å². The molecule has 2 amide bonds. The van der Waals surface area contributed by atoms with Gasteiger partial charge in [-0.2, -0.15) is 13.2 Å². The molecule has 0 radical (unpaired) electrons. The smallest absolute Gasteiger partial charge is 0.344 e.